The van der Waals surface area contributed by atoms with Gasteiger partial charge in [0.2, 0.25) is 0 Å². The summed E-state index contributed by atoms with van der Waals surface area (Å²) in [5.74, 6) is 1.65. The lowest BCUT2D eigenvalue weighted by atomic mass is 9.63. The van der Waals surface area contributed by atoms with Gasteiger partial charge in [0.25, 0.3) is 0 Å². The predicted molar refractivity (Wildman–Crippen MR) is 109 cm³/mol. The summed E-state index contributed by atoms with van der Waals surface area (Å²) in [7, 11) is 1.66. The fraction of sp³-hybridized carbons (Fsp3) is 0.458. The second-order valence-corrected chi connectivity index (χ2v) is 8.78. The number of methoxy groups -OCH3 is 1. The van der Waals surface area contributed by atoms with Crippen molar-refractivity contribution in [1.82, 2.24) is 0 Å². The number of hydrogen-bond donors (Lipinski definition) is 0. The Hall–Kier alpha value is -2.29. The number of ether oxygens (including phenoxy) is 2. The molecule has 3 rings (SSSR count). The molecule has 1 aliphatic carbocycles. The third-order valence-electron chi connectivity index (χ3n) is 5.89. The van der Waals surface area contributed by atoms with Gasteiger partial charge in [-0.2, -0.15) is 0 Å². The third-order valence-corrected chi connectivity index (χ3v) is 5.89. The molecule has 0 aliphatic heterocycles. The zero-order chi connectivity index (χ0) is 19.7. The van der Waals surface area contributed by atoms with Crippen LogP contribution in [0.1, 0.15) is 62.8 Å². The van der Waals surface area contributed by atoms with Crippen LogP contribution in [0.5, 0.6) is 11.5 Å². The van der Waals surface area contributed by atoms with Crippen molar-refractivity contribution >= 4 is 6.29 Å². The molecule has 0 spiro atoms. The van der Waals surface area contributed by atoms with E-state index in [-0.39, 0.29) is 10.8 Å². The number of aldehydes is 1. The minimum atomic E-state index is 0.114. The Labute approximate surface area is 162 Å². The van der Waals surface area contributed by atoms with Gasteiger partial charge in [0, 0.05) is 12.0 Å². The van der Waals surface area contributed by atoms with E-state index in [0.29, 0.717) is 13.0 Å². The quantitative estimate of drug-likeness (QED) is 0.645. The van der Waals surface area contributed by atoms with E-state index in [9.17, 15) is 4.79 Å². The van der Waals surface area contributed by atoms with Crippen molar-refractivity contribution in [2.24, 2.45) is 0 Å². The summed E-state index contributed by atoms with van der Waals surface area (Å²) in [6.07, 6.45) is 3.64. The standard InChI is InChI=1S/C24H30O3/c1-23(2)11-12-24(3,4)21-15-22(18(10-13-25)14-20(21)23)27-16-17-6-8-19(26-5)9-7-17/h6-9,13-15H,10-12,16H2,1-5H3. The smallest absolute Gasteiger partial charge is 0.124 e. The van der Waals surface area contributed by atoms with E-state index in [0.717, 1.165) is 41.8 Å². The second-order valence-electron chi connectivity index (χ2n) is 8.78. The van der Waals surface area contributed by atoms with Gasteiger partial charge in [-0.25, -0.2) is 0 Å². The van der Waals surface area contributed by atoms with E-state index in [1.165, 1.54) is 11.1 Å². The fourth-order valence-corrected chi connectivity index (χ4v) is 3.91. The lowest BCUT2D eigenvalue weighted by Gasteiger charge is -2.42. The van der Waals surface area contributed by atoms with Crippen molar-refractivity contribution in [1.29, 1.82) is 0 Å². The van der Waals surface area contributed by atoms with Crippen LogP contribution in [0.15, 0.2) is 36.4 Å². The molecule has 0 heterocycles. The SMILES string of the molecule is COc1ccc(COc2cc3c(cc2CC=O)C(C)(C)CCC3(C)C)cc1. The Balaban J connectivity index is 1.94. The van der Waals surface area contributed by atoms with Crippen LogP contribution < -0.4 is 9.47 Å². The monoisotopic (exact) mass is 366 g/mol. The van der Waals surface area contributed by atoms with Gasteiger partial charge in [0.05, 0.1) is 7.11 Å². The fourth-order valence-electron chi connectivity index (χ4n) is 3.91. The van der Waals surface area contributed by atoms with Crippen LogP contribution in [-0.4, -0.2) is 13.4 Å². The average Bonchev–Trinajstić information content (AvgIpc) is 2.65. The van der Waals surface area contributed by atoms with E-state index in [1.807, 2.05) is 24.3 Å². The number of fused-ring (bicyclic) bond motifs is 1. The van der Waals surface area contributed by atoms with Crippen LogP contribution >= 0.6 is 0 Å². The van der Waals surface area contributed by atoms with E-state index >= 15 is 0 Å². The van der Waals surface area contributed by atoms with Gasteiger partial charge in [-0.05, 0) is 58.6 Å². The number of rotatable bonds is 6. The molecule has 2 aromatic carbocycles. The first-order valence-corrected chi connectivity index (χ1v) is 9.64. The van der Waals surface area contributed by atoms with Gasteiger partial charge >= 0.3 is 0 Å². The Morgan fingerprint density at radius 1 is 0.963 bits per heavy atom. The average molecular weight is 367 g/mol. The molecule has 0 aromatic heterocycles. The Bertz CT molecular complexity index is 816. The maximum Gasteiger partial charge on any atom is 0.124 e. The highest BCUT2D eigenvalue weighted by molar-refractivity contribution is 5.60. The Morgan fingerprint density at radius 2 is 1.56 bits per heavy atom. The minimum Gasteiger partial charge on any atom is -0.497 e. The summed E-state index contributed by atoms with van der Waals surface area (Å²) in [6.45, 7) is 9.66. The molecule has 0 saturated carbocycles. The van der Waals surface area contributed by atoms with Crippen molar-refractivity contribution in [2.75, 3.05) is 7.11 Å². The molecule has 0 radical (unpaired) electrons. The molecule has 0 amide bonds. The Kier molecular flexibility index (Phi) is 5.32. The molecule has 1 aliphatic rings. The zero-order valence-electron chi connectivity index (χ0n) is 17.1. The maximum absolute atomic E-state index is 11.3. The van der Waals surface area contributed by atoms with Gasteiger partial charge in [-0.15, -0.1) is 0 Å². The van der Waals surface area contributed by atoms with Crippen LogP contribution in [0.25, 0.3) is 0 Å². The third kappa shape index (κ3) is 4.02. The zero-order valence-corrected chi connectivity index (χ0v) is 17.1. The van der Waals surface area contributed by atoms with Crippen molar-refractivity contribution in [3.05, 3.63) is 58.7 Å². The molecule has 2 aromatic rings. The molecule has 3 nitrogen and oxygen atoms in total. The molecule has 0 fully saturated rings. The maximum atomic E-state index is 11.3. The number of carbonyl (C=O) groups excluding carboxylic acids is 1. The van der Waals surface area contributed by atoms with Crippen molar-refractivity contribution in [3.8, 4) is 11.5 Å². The molecule has 0 atom stereocenters. The molecular weight excluding hydrogens is 336 g/mol. The van der Waals surface area contributed by atoms with Gasteiger partial charge in [-0.3, -0.25) is 0 Å². The highest BCUT2D eigenvalue weighted by atomic mass is 16.5. The number of carbonyl (C=O) groups is 1. The first kappa shape index (κ1) is 19.5. The van der Waals surface area contributed by atoms with Gasteiger partial charge in [-0.1, -0.05) is 45.9 Å². The highest BCUT2D eigenvalue weighted by Gasteiger charge is 2.37. The van der Waals surface area contributed by atoms with Gasteiger partial charge < -0.3 is 14.3 Å². The first-order chi connectivity index (χ1) is 12.8. The normalized spacial score (nSPS) is 17.1. The topological polar surface area (TPSA) is 35.5 Å². The van der Waals surface area contributed by atoms with E-state index in [1.54, 1.807) is 7.11 Å². The summed E-state index contributed by atoms with van der Waals surface area (Å²) in [6, 6.07) is 12.3. The first-order valence-electron chi connectivity index (χ1n) is 9.64. The summed E-state index contributed by atoms with van der Waals surface area (Å²) in [5, 5.41) is 0. The van der Waals surface area contributed by atoms with E-state index < -0.39 is 0 Å². The van der Waals surface area contributed by atoms with E-state index in [4.69, 9.17) is 9.47 Å². The van der Waals surface area contributed by atoms with Crippen molar-refractivity contribution in [3.63, 3.8) is 0 Å². The summed E-state index contributed by atoms with van der Waals surface area (Å²) in [5.41, 5.74) is 4.98. The molecular formula is C24H30O3. The second kappa shape index (κ2) is 7.38. The minimum absolute atomic E-state index is 0.114. The van der Waals surface area contributed by atoms with Crippen molar-refractivity contribution < 1.29 is 14.3 Å². The molecule has 0 unspecified atom stereocenters. The van der Waals surface area contributed by atoms with Gasteiger partial charge in [0.1, 0.15) is 24.4 Å². The molecule has 144 valence electrons. The lowest BCUT2D eigenvalue weighted by molar-refractivity contribution is -0.107. The largest absolute Gasteiger partial charge is 0.497 e. The van der Waals surface area contributed by atoms with Crippen LogP contribution in [0.4, 0.5) is 0 Å². The number of hydrogen-bond acceptors (Lipinski definition) is 3. The summed E-state index contributed by atoms with van der Waals surface area (Å²) < 4.78 is 11.4. The summed E-state index contributed by atoms with van der Waals surface area (Å²) in [4.78, 5) is 11.3. The Morgan fingerprint density at radius 3 is 2.11 bits per heavy atom. The van der Waals surface area contributed by atoms with E-state index in [2.05, 4.69) is 39.8 Å². The van der Waals surface area contributed by atoms with Crippen LogP contribution in [0, 0.1) is 0 Å². The predicted octanol–water partition coefficient (Wildman–Crippen LogP) is 5.36. The van der Waals surface area contributed by atoms with Crippen LogP contribution in [-0.2, 0) is 28.7 Å². The molecule has 3 heteroatoms. The van der Waals surface area contributed by atoms with Gasteiger partial charge in [0.15, 0.2) is 0 Å². The molecule has 0 N–H and O–H groups in total. The highest BCUT2D eigenvalue weighted by Crippen LogP contribution is 2.47. The molecule has 0 bridgehead atoms. The molecule has 27 heavy (non-hydrogen) atoms. The summed E-state index contributed by atoms with van der Waals surface area (Å²) >= 11 is 0. The van der Waals surface area contributed by atoms with Crippen LogP contribution in [0.2, 0.25) is 0 Å². The molecule has 0 saturated heterocycles. The number of benzene rings is 2. The lowest BCUT2D eigenvalue weighted by Crippen LogP contribution is -2.34. The van der Waals surface area contributed by atoms with Crippen LogP contribution in [0.3, 0.4) is 0 Å². The van der Waals surface area contributed by atoms with Crippen molar-refractivity contribution in [2.45, 2.75) is 64.4 Å².